The van der Waals surface area contributed by atoms with Gasteiger partial charge in [0.25, 0.3) is 11.8 Å². The quantitative estimate of drug-likeness (QED) is 0.0735. The minimum Gasteiger partial charge on any atom is -0.506 e. The van der Waals surface area contributed by atoms with Gasteiger partial charge < -0.3 is 45.5 Å². The van der Waals surface area contributed by atoms with Crippen LogP contribution < -0.4 is 16.4 Å². The van der Waals surface area contributed by atoms with Gasteiger partial charge in [-0.3, -0.25) is 14.4 Å². The number of carbonyl (C=O) groups excluding carboxylic acids is 4. The molecule has 5 atom stereocenters. The third kappa shape index (κ3) is 11.0. The number of rotatable bonds is 7. The van der Waals surface area contributed by atoms with E-state index in [9.17, 15) is 29.4 Å². The lowest BCUT2D eigenvalue weighted by molar-refractivity contribution is -0.155. The topological polar surface area (TPSA) is 196 Å². The fraction of sp³-hybridized carbons (Fsp3) is 0.351. The number of phenolic OH excluding ortho intramolecular Hbond substituents is 2. The lowest BCUT2D eigenvalue weighted by atomic mass is 9.91. The molecule has 1 heterocycles. The van der Waals surface area contributed by atoms with Crippen LogP contribution in [-0.4, -0.2) is 78.1 Å². The molecular weight excluding hydrogens is 726 g/mol. The van der Waals surface area contributed by atoms with Gasteiger partial charge in [0.1, 0.15) is 29.0 Å². The summed E-state index contributed by atoms with van der Waals surface area (Å²) in [5.74, 6) is -3.09. The van der Waals surface area contributed by atoms with Crippen LogP contribution in [0.2, 0.25) is 0 Å². The first kappa shape index (κ1) is 40.5. The number of esters is 1. The maximum Gasteiger partial charge on any atom is 0.405 e. The molecule has 0 aliphatic carbocycles. The monoisotopic (exact) mass is 769 g/mol. The fourth-order valence-corrected chi connectivity index (χ4v) is 5.67. The highest BCUT2D eigenvalue weighted by atomic mass is 79.9. The van der Waals surface area contributed by atoms with Crippen LogP contribution >= 0.6 is 15.9 Å². The van der Waals surface area contributed by atoms with Crippen molar-refractivity contribution in [3.63, 3.8) is 0 Å². The Labute approximate surface area is 305 Å². The van der Waals surface area contributed by atoms with Crippen molar-refractivity contribution in [3.05, 3.63) is 88.5 Å². The predicted octanol–water partition coefficient (Wildman–Crippen LogP) is 5.98. The number of anilines is 2. The summed E-state index contributed by atoms with van der Waals surface area (Å²) in [6.45, 7) is 6.78. The molecule has 2 bridgehead atoms. The Morgan fingerprint density at radius 1 is 1.06 bits per heavy atom. The first-order valence-corrected chi connectivity index (χ1v) is 17.1. The van der Waals surface area contributed by atoms with Crippen LogP contribution in [0, 0.1) is 5.92 Å². The molecule has 0 unspecified atom stereocenters. The Balaban J connectivity index is 2.26. The third-order valence-electron chi connectivity index (χ3n) is 8.11. The van der Waals surface area contributed by atoms with Gasteiger partial charge in [-0.05, 0) is 51.0 Å². The summed E-state index contributed by atoms with van der Waals surface area (Å²) < 4.78 is 22.8. The molecule has 13 nitrogen and oxygen atoms in total. The second-order valence-corrected chi connectivity index (χ2v) is 12.5. The van der Waals surface area contributed by atoms with Gasteiger partial charge in [-0.25, -0.2) is 4.79 Å². The van der Waals surface area contributed by atoms with E-state index in [0.29, 0.717) is 16.7 Å². The van der Waals surface area contributed by atoms with Gasteiger partial charge in [-0.1, -0.05) is 70.9 Å². The molecule has 3 rings (SSSR count). The molecule has 2 aromatic carbocycles. The molecule has 0 aromatic heterocycles. The number of carbonyl (C=O) groups is 4. The van der Waals surface area contributed by atoms with E-state index in [2.05, 4.69) is 26.6 Å². The first-order valence-electron chi connectivity index (χ1n) is 15.9. The maximum atomic E-state index is 13.2. The van der Waals surface area contributed by atoms with Crippen molar-refractivity contribution in [2.24, 2.45) is 11.7 Å². The highest BCUT2D eigenvalue weighted by Crippen LogP contribution is 2.43. The molecule has 0 fully saturated rings. The van der Waals surface area contributed by atoms with Gasteiger partial charge in [0.15, 0.2) is 6.10 Å². The number of alkyl halides is 1. The number of benzene rings is 2. The molecule has 3 amide bonds. The number of halogens is 1. The molecule has 0 radical (unpaired) electrons. The molecule has 274 valence electrons. The zero-order chi connectivity index (χ0) is 37.8. The van der Waals surface area contributed by atoms with Crippen molar-refractivity contribution < 1.29 is 48.3 Å². The van der Waals surface area contributed by atoms with Crippen molar-refractivity contribution in [1.82, 2.24) is 0 Å². The van der Waals surface area contributed by atoms with Gasteiger partial charge in [0, 0.05) is 42.9 Å². The highest BCUT2D eigenvalue weighted by molar-refractivity contribution is 9.09. The molecule has 1 aliphatic rings. The van der Waals surface area contributed by atoms with Crippen molar-refractivity contribution in [2.45, 2.75) is 58.5 Å². The number of phenols is 2. The summed E-state index contributed by atoms with van der Waals surface area (Å²) in [6.07, 6.45) is 3.52. The largest absolute Gasteiger partial charge is 0.506 e. The third-order valence-corrected chi connectivity index (χ3v) is 8.57. The Bertz CT molecular complexity index is 1720. The fourth-order valence-electron chi connectivity index (χ4n) is 5.54. The Kier molecular flexibility index (Phi) is 15.0. The number of methoxy groups -OCH3 is 2. The van der Waals surface area contributed by atoms with Crippen molar-refractivity contribution >= 4 is 57.3 Å². The van der Waals surface area contributed by atoms with E-state index in [0.717, 1.165) is 6.07 Å². The number of primary amides is 1. The molecule has 0 saturated carbocycles. The summed E-state index contributed by atoms with van der Waals surface area (Å²) in [7, 11) is 2.87. The summed E-state index contributed by atoms with van der Waals surface area (Å²) in [5.41, 5.74) is 6.82. The van der Waals surface area contributed by atoms with Crippen molar-refractivity contribution in [1.29, 1.82) is 0 Å². The van der Waals surface area contributed by atoms with E-state index in [4.69, 9.17) is 24.7 Å². The molecule has 6 N–H and O–H groups in total. The smallest absolute Gasteiger partial charge is 0.405 e. The number of nitrogens with two attached hydrogens (primary N) is 1. The predicted molar refractivity (Wildman–Crippen MR) is 197 cm³/mol. The Morgan fingerprint density at radius 3 is 2.35 bits per heavy atom. The van der Waals surface area contributed by atoms with Gasteiger partial charge in [0.05, 0.1) is 17.5 Å². The van der Waals surface area contributed by atoms with E-state index >= 15 is 0 Å². The first-order chi connectivity index (χ1) is 24.2. The molecule has 2 aromatic rings. The van der Waals surface area contributed by atoms with E-state index in [1.54, 1.807) is 63.3 Å². The average molecular weight is 771 g/mol. The summed E-state index contributed by atoms with van der Waals surface area (Å²) in [5, 5.41) is 27.9. The molecule has 14 heteroatoms. The molecule has 0 spiro atoms. The van der Waals surface area contributed by atoms with Crippen molar-refractivity contribution in [3.8, 4) is 11.5 Å². The number of amides is 3. The number of hydrogen-bond donors (Lipinski definition) is 5. The second kappa shape index (κ2) is 18.9. The molecule has 51 heavy (non-hydrogen) atoms. The van der Waals surface area contributed by atoms with Crippen LogP contribution in [0.5, 0.6) is 11.5 Å². The minimum atomic E-state index is -1.04. The minimum absolute atomic E-state index is 0.00792. The second-order valence-electron chi connectivity index (χ2n) is 12.0. The zero-order valence-corrected chi connectivity index (χ0v) is 30.9. The average Bonchev–Trinajstić information content (AvgIpc) is 3.10. The SMILES string of the molecule is CO[C@H]1C=CC=C(C)C(=O)Nc2cc(O)c(NC(=O)c3ccccc3)c(c2O)C=C(C)C[C@H](OC)[C@H](OC(=O)CBr)[C@@H](C)C=C(C)[C@@H]1OC(N)=O. The van der Waals surface area contributed by atoms with Gasteiger partial charge in [0.2, 0.25) is 0 Å². The number of nitrogens with one attached hydrogen (secondary N) is 2. The van der Waals surface area contributed by atoms with Crippen LogP contribution in [0.4, 0.5) is 16.2 Å². The number of allylic oxidation sites excluding steroid dienone is 2. The zero-order valence-electron chi connectivity index (χ0n) is 29.3. The number of ether oxygens (including phenoxy) is 4. The number of fused-ring (bicyclic) bond motifs is 2. The van der Waals surface area contributed by atoms with Gasteiger partial charge in [-0.15, -0.1) is 0 Å². The lowest BCUT2D eigenvalue weighted by Crippen LogP contribution is -2.39. The van der Waals surface area contributed by atoms with E-state index < -0.39 is 65.7 Å². The Morgan fingerprint density at radius 2 is 1.75 bits per heavy atom. The standard InChI is InChI=1S/C37H44BrN3O10/c1-20-15-25-31(41-36(46)24-12-8-7-9-13-24)27(42)18-26(32(25)44)40-35(45)21(2)11-10-14-28(48-5)33(51-37(39)47)22(3)17-23(4)34(29(16-20)49-6)50-30(43)19-38/h7-15,17-18,23,28-29,33-34,42,44H,16,19H2,1-6H3,(H2,39,47)(H,40,45)(H,41,46)/t23-,28-,29-,33-,34+/m0/s1. The maximum absolute atomic E-state index is 13.2. The number of aromatic hydroxyl groups is 2. The molecule has 1 aliphatic heterocycles. The van der Waals surface area contributed by atoms with E-state index in [1.165, 1.54) is 39.4 Å². The summed E-state index contributed by atoms with van der Waals surface area (Å²) in [4.78, 5) is 51.0. The summed E-state index contributed by atoms with van der Waals surface area (Å²) in [6, 6.07) is 9.43. The van der Waals surface area contributed by atoms with Crippen LogP contribution in [0.1, 0.15) is 50.0 Å². The van der Waals surface area contributed by atoms with E-state index in [-0.39, 0.29) is 34.3 Å². The number of hydrogen-bond acceptors (Lipinski definition) is 10. The molecular formula is C37H44BrN3O10. The van der Waals surface area contributed by atoms with Crippen LogP contribution in [0.25, 0.3) is 6.08 Å². The van der Waals surface area contributed by atoms with Gasteiger partial charge >= 0.3 is 12.1 Å². The van der Waals surface area contributed by atoms with Gasteiger partial charge in [-0.2, -0.15) is 0 Å². The van der Waals surface area contributed by atoms with Crippen LogP contribution in [0.15, 0.2) is 77.4 Å². The highest BCUT2D eigenvalue weighted by Gasteiger charge is 2.32. The van der Waals surface area contributed by atoms with Crippen LogP contribution in [-0.2, 0) is 28.5 Å². The van der Waals surface area contributed by atoms with Crippen molar-refractivity contribution in [2.75, 3.05) is 30.2 Å². The van der Waals surface area contributed by atoms with E-state index in [1.807, 2.05) is 0 Å². The van der Waals surface area contributed by atoms with Crippen LogP contribution in [0.3, 0.4) is 0 Å². The molecule has 0 saturated heterocycles. The lowest BCUT2D eigenvalue weighted by Gasteiger charge is -2.31. The normalized spacial score (nSPS) is 21.7. The summed E-state index contributed by atoms with van der Waals surface area (Å²) >= 11 is 3.14. The Hall–Kier alpha value is -4.92.